The summed E-state index contributed by atoms with van der Waals surface area (Å²) >= 11 is 6.07. The minimum absolute atomic E-state index is 0.148. The van der Waals surface area contributed by atoms with Crippen molar-refractivity contribution in [3.63, 3.8) is 0 Å². The third-order valence-electron chi connectivity index (χ3n) is 3.02. The number of nitrogens with one attached hydrogen (secondary N) is 1. The van der Waals surface area contributed by atoms with E-state index in [2.05, 4.69) is 5.32 Å². The highest BCUT2D eigenvalue weighted by atomic mass is 35.5. The summed E-state index contributed by atoms with van der Waals surface area (Å²) in [5, 5.41) is 23.4. The molecule has 1 N–H and O–H groups in total. The summed E-state index contributed by atoms with van der Waals surface area (Å²) < 4.78 is 11.4. The van der Waals surface area contributed by atoms with Gasteiger partial charge in [-0.05, 0) is 29.8 Å². The summed E-state index contributed by atoms with van der Waals surface area (Å²) in [5.74, 6) is 0.319. The number of nitriles is 1. The van der Waals surface area contributed by atoms with Gasteiger partial charge in [-0.3, -0.25) is 14.3 Å². The van der Waals surface area contributed by atoms with Gasteiger partial charge in [0.25, 0.3) is 5.69 Å². The molecule has 2 aromatic carbocycles. The Morgan fingerprint density at radius 2 is 2.09 bits per heavy atom. The van der Waals surface area contributed by atoms with Gasteiger partial charge in [0.15, 0.2) is 0 Å². The van der Waals surface area contributed by atoms with Crippen molar-refractivity contribution in [1.82, 2.24) is 0 Å². The summed E-state index contributed by atoms with van der Waals surface area (Å²) in [5.41, 5.74) is 1.84. The Labute approximate surface area is 140 Å². The van der Waals surface area contributed by atoms with Crippen LogP contribution in [0.1, 0.15) is 11.1 Å². The first-order valence-electron chi connectivity index (χ1n) is 6.44. The number of non-ortho nitro benzene ring substituents is 1. The van der Waals surface area contributed by atoms with E-state index in [4.69, 9.17) is 16.9 Å². The number of benzene rings is 2. The zero-order chi connectivity index (χ0) is 17.0. The van der Waals surface area contributed by atoms with Crippen molar-refractivity contribution in [2.75, 3.05) is 11.6 Å². The average Bonchev–Trinajstić information content (AvgIpc) is 2.50. The van der Waals surface area contributed by atoms with Gasteiger partial charge in [-0.2, -0.15) is 5.26 Å². The van der Waals surface area contributed by atoms with Crippen LogP contribution < -0.4 is 5.32 Å². The van der Waals surface area contributed by atoms with Gasteiger partial charge in [-0.1, -0.05) is 11.6 Å². The minimum atomic E-state index is -1.04. The van der Waals surface area contributed by atoms with Crippen LogP contribution in [0.25, 0.3) is 0 Å². The maximum atomic E-state index is 11.4. The Morgan fingerprint density at radius 1 is 1.35 bits per heavy atom. The molecule has 6 nitrogen and oxygen atoms in total. The largest absolute Gasteiger partial charge is 0.354 e. The van der Waals surface area contributed by atoms with Crippen molar-refractivity contribution >= 4 is 39.5 Å². The third-order valence-corrected chi connectivity index (χ3v) is 4.10. The first-order valence-corrected chi connectivity index (χ1v) is 8.55. The molecule has 0 saturated carbocycles. The normalized spacial score (nSPS) is 11.5. The van der Waals surface area contributed by atoms with E-state index in [-0.39, 0.29) is 11.3 Å². The second kappa shape index (κ2) is 7.22. The van der Waals surface area contributed by atoms with Gasteiger partial charge in [0.05, 0.1) is 16.2 Å². The highest BCUT2D eigenvalue weighted by molar-refractivity contribution is 7.83. The topological polar surface area (TPSA) is 96.0 Å². The standard InChI is InChI=1S/C15H12ClN3O3S/c1-23(22)9-11-6-12(2-4-14(11)16)18-15-5-3-13(19(20)21)7-10(15)8-17/h2-7,18H,9H2,1H3. The quantitative estimate of drug-likeness (QED) is 0.655. The van der Waals surface area contributed by atoms with Gasteiger partial charge in [0.1, 0.15) is 6.07 Å². The van der Waals surface area contributed by atoms with Gasteiger partial charge in [0.2, 0.25) is 0 Å². The molecule has 23 heavy (non-hydrogen) atoms. The van der Waals surface area contributed by atoms with Crippen molar-refractivity contribution in [2.24, 2.45) is 0 Å². The van der Waals surface area contributed by atoms with Crippen LogP contribution in [0.15, 0.2) is 36.4 Å². The number of hydrogen-bond donors (Lipinski definition) is 1. The van der Waals surface area contributed by atoms with E-state index in [1.54, 1.807) is 24.5 Å². The average molecular weight is 350 g/mol. The molecule has 0 aliphatic rings. The Bertz CT molecular complexity index is 833. The van der Waals surface area contributed by atoms with E-state index in [1.807, 2.05) is 6.07 Å². The van der Waals surface area contributed by atoms with Crippen molar-refractivity contribution in [3.8, 4) is 6.07 Å². The van der Waals surface area contributed by atoms with E-state index in [9.17, 15) is 14.3 Å². The van der Waals surface area contributed by atoms with Gasteiger partial charge < -0.3 is 5.32 Å². The Hall–Kier alpha value is -2.43. The molecular formula is C15H12ClN3O3S. The molecule has 8 heteroatoms. The van der Waals surface area contributed by atoms with Crippen LogP contribution in [-0.2, 0) is 16.6 Å². The smallest absolute Gasteiger partial charge is 0.270 e. The molecule has 0 aliphatic heterocycles. The van der Waals surface area contributed by atoms with Crippen LogP contribution in [-0.4, -0.2) is 15.4 Å². The summed E-state index contributed by atoms with van der Waals surface area (Å²) in [6, 6.07) is 11.1. The van der Waals surface area contributed by atoms with Crippen LogP contribution in [0.4, 0.5) is 17.1 Å². The lowest BCUT2D eigenvalue weighted by atomic mass is 10.1. The highest BCUT2D eigenvalue weighted by Crippen LogP contribution is 2.27. The maximum absolute atomic E-state index is 11.4. The highest BCUT2D eigenvalue weighted by Gasteiger charge is 2.11. The molecule has 0 saturated heterocycles. The van der Waals surface area contributed by atoms with Crippen molar-refractivity contribution in [3.05, 3.63) is 62.7 Å². The van der Waals surface area contributed by atoms with Crippen molar-refractivity contribution < 1.29 is 9.13 Å². The van der Waals surface area contributed by atoms with E-state index in [1.165, 1.54) is 18.2 Å². The molecule has 1 atom stereocenters. The van der Waals surface area contributed by atoms with Gasteiger partial charge >= 0.3 is 0 Å². The zero-order valence-corrected chi connectivity index (χ0v) is 13.6. The molecule has 2 rings (SSSR count). The SMILES string of the molecule is CS(=O)Cc1cc(Nc2ccc([N+](=O)[O-])cc2C#N)ccc1Cl. The summed E-state index contributed by atoms with van der Waals surface area (Å²) in [7, 11) is -1.04. The summed E-state index contributed by atoms with van der Waals surface area (Å²) in [6.07, 6.45) is 1.58. The number of rotatable bonds is 5. The fourth-order valence-corrected chi connectivity index (χ4v) is 2.93. The van der Waals surface area contributed by atoms with E-state index in [0.29, 0.717) is 22.2 Å². The fraction of sp³-hybridized carbons (Fsp3) is 0.133. The monoisotopic (exact) mass is 349 g/mol. The van der Waals surface area contributed by atoms with E-state index >= 15 is 0 Å². The predicted molar refractivity (Wildman–Crippen MR) is 90.3 cm³/mol. The molecule has 0 aliphatic carbocycles. The number of nitro groups is 1. The lowest BCUT2D eigenvalue weighted by Crippen LogP contribution is -1.98. The third kappa shape index (κ3) is 4.28. The number of nitro benzene ring substituents is 1. The van der Waals surface area contributed by atoms with Crippen LogP contribution in [0.3, 0.4) is 0 Å². The van der Waals surface area contributed by atoms with Gasteiger partial charge in [0, 0.05) is 45.7 Å². The van der Waals surface area contributed by atoms with E-state index in [0.717, 1.165) is 5.56 Å². The van der Waals surface area contributed by atoms with E-state index < -0.39 is 15.7 Å². The van der Waals surface area contributed by atoms with Crippen molar-refractivity contribution in [1.29, 1.82) is 5.26 Å². The summed E-state index contributed by atoms with van der Waals surface area (Å²) in [6.45, 7) is 0. The molecule has 0 bridgehead atoms. The predicted octanol–water partition coefficient (Wildman–Crippen LogP) is 3.74. The minimum Gasteiger partial charge on any atom is -0.354 e. The molecule has 1 unspecified atom stereocenters. The molecule has 0 amide bonds. The van der Waals surface area contributed by atoms with Gasteiger partial charge in [-0.15, -0.1) is 0 Å². The number of halogens is 1. The molecule has 0 fully saturated rings. The maximum Gasteiger partial charge on any atom is 0.270 e. The first kappa shape index (κ1) is 16.9. The van der Waals surface area contributed by atoms with Crippen molar-refractivity contribution in [2.45, 2.75) is 5.75 Å². The molecule has 2 aromatic rings. The Kier molecular flexibility index (Phi) is 5.32. The summed E-state index contributed by atoms with van der Waals surface area (Å²) in [4.78, 5) is 10.2. The van der Waals surface area contributed by atoms with Crippen LogP contribution in [0.2, 0.25) is 5.02 Å². The number of nitrogens with zero attached hydrogens (tertiary/aromatic N) is 2. The van der Waals surface area contributed by atoms with Crippen LogP contribution in [0.5, 0.6) is 0 Å². The fourth-order valence-electron chi connectivity index (χ4n) is 1.98. The van der Waals surface area contributed by atoms with Crippen LogP contribution >= 0.6 is 11.6 Å². The molecule has 0 spiro atoms. The Balaban J connectivity index is 2.34. The van der Waals surface area contributed by atoms with Crippen LogP contribution in [0, 0.1) is 21.4 Å². The lowest BCUT2D eigenvalue weighted by Gasteiger charge is -2.10. The number of hydrogen-bond acceptors (Lipinski definition) is 5. The zero-order valence-electron chi connectivity index (χ0n) is 12.1. The molecule has 0 aromatic heterocycles. The molecule has 118 valence electrons. The van der Waals surface area contributed by atoms with Gasteiger partial charge in [-0.25, -0.2) is 0 Å². The molecule has 0 radical (unpaired) electrons. The second-order valence-corrected chi connectivity index (χ2v) is 6.59. The lowest BCUT2D eigenvalue weighted by molar-refractivity contribution is -0.384. The molecular weight excluding hydrogens is 338 g/mol. The Morgan fingerprint density at radius 3 is 2.70 bits per heavy atom. The second-order valence-electron chi connectivity index (χ2n) is 4.75. The first-order chi connectivity index (χ1) is 10.9. The number of anilines is 2. The molecule has 0 heterocycles.